The maximum Gasteiger partial charge on any atom is 0.371 e. The molecule has 0 atom stereocenters. The van der Waals surface area contributed by atoms with Crippen molar-refractivity contribution < 1.29 is 24.5 Å². The molecule has 0 amide bonds. The van der Waals surface area contributed by atoms with E-state index >= 15 is 0 Å². The van der Waals surface area contributed by atoms with Gasteiger partial charge in [-0.3, -0.25) is 0 Å². The summed E-state index contributed by atoms with van der Waals surface area (Å²) < 4.78 is 4.50. The molecular formula is C8H12O5. The van der Waals surface area contributed by atoms with Crippen molar-refractivity contribution >= 4 is 11.9 Å². The standard InChI is InChI=1S/C8H12O5/c1-4(2)5(7(9)10)6(13-3)8(11)12/h4H,1-3H3,(H,9,10)(H,11,12)/b6-5+. The lowest BCUT2D eigenvalue weighted by Crippen LogP contribution is -2.16. The molecule has 0 radical (unpaired) electrons. The van der Waals surface area contributed by atoms with E-state index in [1.165, 1.54) is 0 Å². The zero-order valence-corrected chi connectivity index (χ0v) is 7.70. The van der Waals surface area contributed by atoms with E-state index in [0.29, 0.717) is 0 Å². The van der Waals surface area contributed by atoms with Crippen LogP contribution in [-0.2, 0) is 14.3 Å². The molecule has 2 N–H and O–H groups in total. The van der Waals surface area contributed by atoms with Gasteiger partial charge < -0.3 is 14.9 Å². The topological polar surface area (TPSA) is 83.8 Å². The van der Waals surface area contributed by atoms with Crippen LogP contribution in [0.5, 0.6) is 0 Å². The third-order valence-electron chi connectivity index (χ3n) is 1.45. The van der Waals surface area contributed by atoms with E-state index in [0.717, 1.165) is 7.11 Å². The second-order valence-electron chi connectivity index (χ2n) is 2.71. The van der Waals surface area contributed by atoms with Gasteiger partial charge in [0.1, 0.15) is 0 Å². The van der Waals surface area contributed by atoms with Gasteiger partial charge in [-0.05, 0) is 5.92 Å². The first-order valence-corrected chi connectivity index (χ1v) is 3.66. The summed E-state index contributed by atoms with van der Waals surface area (Å²) in [6, 6.07) is 0. The van der Waals surface area contributed by atoms with Gasteiger partial charge >= 0.3 is 11.9 Å². The number of hydrogen-bond acceptors (Lipinski definition) is 3. The number of rotatable bonds is 4. The normalized spacial score (nSPS) is 12.3. The third kappa shape index (κ3) is 2.77. The lowest BCUT2D eigenvalue weighted by Gasteiger charge is -2.09. The predicted molar refractivity (Wildman–Crippen MR) is 44.1 cm³/mol. The average Bonchev–Trinajstić information content (AvgIpc) is 1.97. The van der Waals surface area contributed by atoms with Crippen molar-refractivity contribution in [2.75, 3.05) is 7.11 Å². The van der Waals surface area contributed by atoms with Crippen LogP contribution in [0.25, 0.3) is 0 Å². The van der Waals surface area contributed by atoms with Gasteiger partial charge in [-0.2, -0.15) is 0 Å². The summed E-state index contributed by atoms with van der Waals surface area (Å²) in [6.07, 6.45) is 0. The SMILES string of the molecule is CO/C(C(=O)O)=C(/C(=O)O)C(C)C. The monoisotopic (exact) mass is 188 g/mol. The fourth-order valence-electron chi connectivity index (χ4n) is 0.919. The molecule has 0 fully saturated rings. The van der Waals surface area contributed by atoms with Gasteiger partial charge in [0.15, 0.2) is 0 Å². The summed E-state index contributed by atoms with van der Waals surface area (Å²) in [7, 11) is 1.13. The van der Waals surface area contributed by atoms with Gasteiger partial charge in [0, 0.05) is 0 Å². The molecule has 5 nitrogen and oxygen atoms in total. The minimum Gasteiger partial charge on any atom is -0.489 e. The number of carbonyl (C=O) groups is 2. The van der Waals surface area contributed by atoms with Crippen molar-refractivity contribution in [1.29, 1.82) is 0 Å². The first kappa shape index (κ1) is 11.5. The van der Waals surface area contributed by atoms with Crippen molar-refractivity contribution in [2.24, 2.45) is 5.92 Å². The Kier molecular flexibility index (Phi) is 3.97. The summed E-state index contributed by atoms with van der Waals surface area (Å²) in [4.78, 5) is 21.2. The molecule has 0 spiro atoms. The second-order valence-corrected chi connectivity index (χ2v) is 2.71. The quantitative estimate of drug-likeness (QED) is 0.501. The van der Waals surface area contributed by atoms with Crippen LogP contribution in [0.1, 0.15) is 13.8 Å². The van der Waals surface area contributed by atoms with Crippen LogP contribution < -0.4 is 0 Å². The maximum atomic E-state index is 10.6. The average molecular weight is 188 g/mol. The van der Waals surface area contributed by atoms with Gasteiger partial charge in [0.2, 0.25) is 5.76 Å². The van der Waals surface area contributed by atoms with E-state index in [9.17, 15) is 9.59 Å². The molecule has 0 saturated heterocycles. The van der Waals surface area contributed by atoms with Crippen LogP contribution in [0.4, 0.5) is 0 Å². The van der Waals surface area contributed by atoms with Gasteiger partial charge in [-0.15, -0.1) is 0 Å². The van der Waals surface area contributed by atoms with Crippen molar-refractivity contribution in [1.82, 2.24) is 0 Å². The van der Waals surface area contributed by atoms with E-state index in [1.807, 2.05) is 0 Å². The van der Waals surface area contributed by atoms with E-state index in [-0.39, 0.29) is 5.57 Å². The predicted octanol–water partition coefficient (Wildman–Crippen LogP) is 0.712. The fourth-order valence-corrected chi connectivity index (χ4v) is 0.919. The maximum absolute atomic E-state index is 10.6. The molecule has 0 aliphatic carbocycles. The Balaban J connectivity index is 5.26. The summed E-state index contributed by atoms with van der Waals surface area (Å²) in [5.41, 5.74) is -0.227. The third-order valence-corrected chi connectivity index (χ3v) is 1.45. The number of carboxylic acids is 2. The Bertz CT molecular complexity index is 251. The molecule has 74 valence electrons. The number of carboxylic acid groups (broad SMARTS) is 2. The van der Waals surface area contributed by atoms with Gasteiger partial charge in [0.25, 0.3) is 0 Å². The molecule has 0 saturated carbocycles. The molecule has 0 unspecified atom stereocenters. The van der Waals surface area contributed by atoms with Crippen LogP contribution >= 0.6 is 0 Å². The van der Waals surface area contributed by atoms with E-state index < -0.39 is 23.6 Å². The van der Waals surface area contributed by atoms with Gasteiger partial charge in [-0.25, -0.2) is 9.59 Å². The molecule has 0 aromatic carbocycles. The zero-order valence-electron chi connectivity index (χ0n) is 7.70. The molecule has 0 aromatic rings. The summed E-state index contributed by atoms with van der Waals surface area (Å²) in [5.74, 6) is -3.55. The van der Waals surface area contributed by atoms with Crippen LogP contribution in [0, 0.1) is 5.92 Å². The van der Waals surface area contributed by atoms with E-state index in [4.69, 9.17) is 10.2 Å². The highest BCUT2D eigenvalue weighted by Crippen LogP contribution is 2.15. The lowest BCUT2D eigenvalue weighted by molar-refractivity contribution is -0.139. The van der Waals surface area contributed by atoms with Gasteiger partial charge in [0.05, 0.1) is 12.7 Å². The van der Waals surface area contributed by atoms with Crippen LogP contribution in [0.2, 0.25) is 0 Å². The minimum atomic E-state index is -1.37. The molecule has 13 heavy (non-hydrogen) atoms. The number of aliphatic carboxylic acids is 2. The first-order valence-electron chi connectivity index (χ1n) is 3.66. The van der Waals surface area contributed by atoms with Crippen molar-refractivity contribution in [2.45, 2.75) is 13.8 Å². The smallest absolute Gasteiger partial charge is 0.371 e. The molecule has 0 heterocycles. The zero-order chi connectivity index (χ0) is 10.6. The van der Waals surface area contributed by atoms with Gasteiger partial charge in [-0.1, -0.05) is 13.8 Å². The Morgan fingerprint density at radius 1 is 1.15 bits per heavy atom. The number of methoxy groups -OCH3 is 1. The Labute approximate surface area is 75.6 Å². The summed E-state index contributed by atoms with van der Waals surface area (Å²) >= 11 is 0. The Morgan fingerprint density at radius 2 is 1.62 bits per heavy atom. The second kappa shape index (κ2) is 4.49. The van der Waals surface area contributed by atoms with Crippen molar-refractivity contribution in [3.05, 3.63) is 11.3 Å². The summed E-state index contributed by atoms with van der Waals surface area (Å²) in [6.45, 7) is 3.18. The van der Waals surface area contributed by atoms with E-state index in [1.54, 1.807) is 13.8 Å². The highest BCUT2D eigenvalue weighted by atomic mass is 16.5. The first-order chi connectivity index (χ1) is 5.91. The Hall–Kier alpha value is -1.52. The minimum absolute atomic E-state index is 0.227. The lowest BCUT2D eigenvalue weighted by atomic mass is 10.0. The molecule has 0 aliphatic rings. The highest BCUT2D eigenvalue weighted by molar-refractivity contribution is 5.97. The molecule has 0 aromatic heterocycles. The highest BCUT2D eigenvalue weighted by Gasteiger charge is 2.23. The Morgan fingerprint density at radius 3 is 1.69 bits per heavy atom. The molecule has 0 aliphatic heterocycles. The fraction of sp³-hybridized carbons (Fsp3) is 0.500. The number of ether oxygens (including phenoxy) is 1. The van der Waals surface area contributed by atoms with Crippen molar-refractivity contribution in [3.63, 3.8) is 0 Å². The molecular weight excluding hydrogens is 176 g/mol. The van der Waals surface area contributed by atoms with Crippen LogP contribution in [0.3, 0.4) is 0 Å². The number of hydrogen-bond donors (Lipinski definition) is 2. The van der Waals surface area contributed by atoms with Crippen LogP contribution in [-0.4, -0.2) is 29.3 Å². The molecule has 0 bridgehead atoms. The van der Waals surface area contributed by atoms with Crippen molar-refractivity contribution in [3.8, 4) is 0 Å². The largest absolute Gasteiger partial charge is 0.489 e. The summed E-state index contributed by atoms with van der Waals surface area (Å²) in [5, 5.41) is 17.3. The van der Waals surface area contributed by atoms with E-state index in [2.05, 4.69) is 4.74 Å². The van der Waals surface area contributed by atoms with Crippen LogP contribution in [0.15, 0.2) is 11.3 Å². The molecule has 5 heteroatoms. The molecule has 0 rings (SSSR count).